The highest BCUT2D eigenvalue weighted by molar-refractivity contribution is 6.99. The largest absolute Gasteiger partial charge is 0.512 e. The Morgan fingerprint density at radius 1 is 1.00 bits per heavy atom. The molecule has 0 fully saturated rings. The van der Waals surface area contributed by atoms with Gasteiger partial charge in [-0.25, -0.2) is 4.79 Å². The zero-order valence-corrected chi connectivity index (χ0v) is 18.6. The van der Waals surface area contributed by atoms with Crippen LogP contribution in [0.2, 0.25) is 5.04 Å². The highest BCUT2D eigenvalue weighted by Gasteiger charge is 2.51. The molecule has 0 saturated heterocycles. The molecule has 2 aromatic carbocycles. The van der Waals surface area contributed by atoms with Crippen LogP contribution in [-0.2, 0) is 14.0 Å². The molecule has 0 unspecified atom stereocenters. The van der Waals surface area contributed by atoms with E-state index in [0.717, 1.165) is 0 Å². The Kier molecular flexibility index (Phi) is 6.29. The lowest BCUT2D eigenvalue weighted by atomic mass is 9.95. The van der Waals surface area contributed by atoms with E-state index in [9.17, 15) is 9.90 Å². The van der Waals surface area contributed by atoms with Crippen LogP contribution in [0.5, 0.6) is 0 Å². The predicted octanol–water partition coefficient (Wildman–Crippen LogP) is 4.10. The average Bonchev–Trinajstić information content (AvgIpc) is 2.73. The molecule has 0 aromatic heterocycles. The van der Waals surface area contributed by atoms with E-state index in [1.807, 2.05) is 12.1 Å². The van der Waals surface area contributed by atoms with Crippen LogP contribution in [0, 0.1) is 0 Å². The first-order valence-corrected chi connectivity index (χ1v) is 12.0. The molecule has 1 N–H and O–H groups in total. The topological polar surface area (TPSA) is 55.8 Å². The zero-order chi connectivity index (χ0) is 21.1. The second-order valence-electron chi connectivity index (χ2n) is 8.56. The first-order valence-electron chi connectivity index (χ1n) is 10.1. The third-order valence-electron chi connectivity index (χ3n) is 5.68. The third kappa shape index (κ3) is 4.16. The van der Waals surface area contributed by atoms with Crippen LogP contribution in [0.3, 0.4) is 0 Å². The molecule has 0 saturated carbocycles. The molecular weight excluding hydrogens is 380 g/mol. The van der Waals surface area contributed by atoms with E-state index in [4.69, 9.17) is 9.16 Å². The Bertz CT molecular complexity index is 829. The second-order valence-corrected chi connectivity index (χ2v) is 12.8. The molecule has 0 heterocycles. The minimum Gasteiger partial charge on any atom is -0.512 e. The van der Waals surface area contributed by atoms with Gasteiger partial charge in [0.1, 0.15) is 5.76 Å². The number of ether oxygens (including phenoxy) is 1. The number of benzene rings is 2. The van der Waals surface area contributed by atoms with Gasteiger partial charge in [0.2, 0.25) is 0 Å². The molecular formula is C24H30O4Si. The number of hydrogen-bond donors (Lipinski definition) is 1. The van der Waals surface area contributed by atoms with Crippen LogP contribution in [0.4, 0.5) is 0 Å². The van der Waals surface area contributed by atoms with E-state index in [2.05, 4.69) is 69.3 Å². The van der Waals surface area contributed by atoms with Crippen molar-refractivity contribution in [2.45, 2.75) is 51.2 Å². The summed E-state index contributed by atoms with van der Waals surface area (Å²) in [5, 5.41) is 12.5. The van der Waals surface area contributed by atoms with Gasteiger partial charge in [-0.2, -0.15) is 0 Å². The SMILES string of the molecule is COC(=O)C1=C(O)CC[C@@H](O[Si](c2ccccc2)(c2ccccc2)C(C)(C)C)C1. The number of carbonyl (C=O) groups excluding carboxylic acids is 1. The lowest BCUT2D eigenvalue weighted by molar-refractivity contribution is -0.137. The summed E-state index contributed by atoms with van der Waals surface area (Å²) in [6.07, 6.45) is 1.30. The van der Waals surface area contributed by atoms with Crippen molar-refractivity contribution in [1.82, 2.24) is 0 Å². The standard InChI is InChI=1S/C24H30O4Si/c1-24(2,3)29(19-11-7-5-8-12-19,20-13-9-6-10-14-20)28-18-15-16-22(25)21(17-18)23(26)27-4/h5-14,18,25H,15-17H2,1-4H3/t18-/m1/s1. The van der Waals surface area contributed by atoms with E-state index in [-0.39, 0.29) is 16.9 Å². The molecule has 0 aliphatic heterocycles. The summed E-state index contributed by atoms with van der Waals surface area (Å²) in [4.78, 5) is 12.1. The lowest BCUT2D eigenvalue weighted by Crippen LogP contribution is -2.67. The van der Waals surface area contributed by atoms with Crippen LogP contribution in [0.25, 0.3) is 0 Å². The molecule has 0 radical (unpaired) electrons. The summed E-state index contributed by atoms with van der Waals surface area (Å²) in [7, 11) is -1.35. The molecule has 1 aliphatic carbocycles. The Morgan fingerprint density at radius 3 is 1.97 bits per heavy atom. The van der Waals surface area contributed by atoms with Crippen molar-refractivity contribution in [3.05, 3.63) is 72.0 Å². The number of allylic oxidation sites excluding steroid dienone is 1. The van der Waals surface area contributed by atoms with Crippen LogP contribution in [0.1, 0.15) is 40.0 Å². The van der Waals surface area contributed by atoms with Gasteiger partial charge in [0.15, 0.2) is 0 Å². The van der Waals surface area contributed by atoms with Gasteiger partial charge in [-0.05, 0) is 21.8 Å². The van der Waals surface area contributed by atoms with Crippen LogP contribution in [0.15, 0.2) is 72.0 Å². The monoisotopic (exact) mass is 410 g/mol. The van der Waals surface area contributed by atoms with E-state index in [1.165, 1.54) is 17.5 Å². The van der Waals surface area contributed by atoms with Gasteiger partial charge in [0.05, 0.1) is 18.8 Å². The number of carbonyl (C=O) groups is 1. The Balaban J connectivity index is 2.09. The van der Waals surface area contributed by atoms with Crippen molar-refractivity contribution >= 4 is 24.7 Å². The maximum Gasteiger partial charge on any atom is 0.337 e. The minimum absolute atomic E-state index is 0.124. The average molecular weight is 411 g/mol. The molecule has 0 bridgehead atoms. The first kappa shape index (κ1) is 21.3. The summed E-state index contributed by atoms with van der Waals surface area (Å²) in [6, 6.07) is 20.9. The van der Waals surface area contributed by atoms with Crippen molar-refractivity contribution in [1.29, 1.82) is 0 Å². The van der Waals surface area contributed by atoms with Gasteiger partial charge in [-0.15, -0.1) is 0 Å². The quantitative estimate of drug-likeness (QED) is 0.596. The fourth-order valence-electron chi connectivity index (χ4n) is 4.26. The summed E-state index contributed by atoms with van der Waals surface area (Å²) in [5.41, 5.74) is 0.335. The molecule has 4 nitrogen and oxygen atoms in total. The van der Waals surface area contributed by atoms with Gasteiger partial charge >= 0.3 is 5.97 Å². The highest BCUT2D eigenvalue weighted by atomic mass is 28.4. The van der Waals surface area contributed by atoms with Crippen molar-refractivity contribution in [2.24, 2.45) is 0 Å². The number of hydrogen-bond acceptors (Lipinski definition) is 4. The van der Waals surface area contributed by atoms with Crippen molar-refractivity contribution in [3.8, 4) is 0 Å². The number of rotatable bonds is 5. The predicted molar refractivity (Wildman–Crippen MR) is 118 cm³/mol. The van der Waals surface area contributed by atoms with Crippen molar-refractivity contribution in [2.75, 3.05) is 7.11 Å². The van der Waals surface area contributed by atoms with Crippen molar-refractivity contribution < 1.29 is 19.1 Å². The smallest absolute Gasteiger partial charge is 0.337 e. The van der Waals surface area contributed by atoms with E-state index < -0.39 is 14.3 Å². The van der Waals surface area contributed by atoms with Crippen molar-refractivity contribution in [3.63, 3.8) is 0 Å². The molecule has 29 heavy (non-hydrogen) atoms. The van der Waals surface area contributed by atoms with Crippen LogP contribution in [-0.4, -0.2) is 32.6 Å². The fraction of sp³-hybridized carbons (Fsp3) is 0.375. The third-order valence-corrected chi connectivity index (χ3v) is 10.8. The molecule has 2 aromatic rings. The van der Waals surface area contributed by atoms with Gasteiger partial charge < -0.3 is 14.3 Å². The second kappa shape index (κ2) is 8.55. The highest BCUT2D eigenvalue weighted by Crippen LogP contribution is 2.39. The Morgan fingerprint density at radius 2 is 1.52 bits per heavy atom. The lowest BCUT2D eigenvalue weighted by Gasteiger charge is -2.45. The molecule has 5 heteroatoms. The number of methoxy groups -OCH3 is 1. The molecule has 0 amide bonds. The fourth-order valence-corrected chi connectivity index (χ4v) is 8.98. The van der Waals surface area contributed by atoms with Crippen LogP contribution >= 0.6 is 0 Å². The van der Waals surface area contributed by atoms with Crippen LogP contribution < -0.4 is 10.4 Å². The van der Waals surface area contributed by atoms with Gasteiger partial charge in [0, 0.05) is 12.8 Å². The van der Waals surface area contributed by atoms with E-state index >= 15 is 0 Å². The normalized spacial score (nSPS) is 17.9. The van der Waals surface area contributed by atoms with Gasteiger partial charge in [-0.3, -0.25) is 0 Å². The van der Waals surface area contributed by atoms with E-state index in [0.29, 0.717) is 24.8 Å². The minimum atomic E-state index is -2.69. The Labute approximate surface area is 174 Å². The maximum atomic E-state index is 12.1. The summed E-state index contributed by atoms with van der Waals surface area (Å²) >= 11 is 0. The van der Waals surface area contributed by atoms with E-state index in [1.54, 1.807) is 0 Å². The summed E-state index contributed by atoms with van der Waals surface area (Å²) < 4.78 is 11.9. The molecule has 1 aliphatic rings. The zero-order valence-electron chi connectivity index (χ0n) is 17.6. The number of aliphatic hydroxyl groups is 1. The number of esters is 1. The Hall–Kier alpha value is -2.37. The molecule has 3 rings (SSSR count). The van der Waals surface area contributed by atoms with Gasteiger partial charge in [0.25, 0.3) is 8.32 Å². The summed E-state index contributed by atoms with van der Waals surface area (Å²) in [6.45, 7) is 6.70. The first-order chi connectivity index (χ1) is 13.8. The number of aliphatic hydroxyl groups excluding tert-OH is 1. The summed E-state index contributed by atoms with van der Waals surface area (Å²) in [5.74, 6) is -0.350. The molecule has 154 valence electrons. The molecule has 0 spiro atoms. The maximum absolute atomic E-state index is 12.1. The molecule has 1 atom stereocenters. The van der Waals surface area contributed by atoms with Gasteiger partial charge in [-0.1, -0.05) is 81.4 Å².